The molecule has 0 aromatic heterocycles. The monoisotopic (exact) mass is 1450 g/mol. The fraction of sp³-hybridized carbons (Fsp3) is 0.409. The molecule has 4 aromatic carbocycles. The van der Waals surface area contributed by atoms with Crippen LogP contribution in [0.2, 0.25) is 0 Å². The Morgan fingerprint density at radius 3 is 0.809 bits per heavy atom. The number of carboxylic acids is 1. The van der Waals surface area contributed by atoms with E-state index in [1.807, 2.05) is 13.8 Å². The maximum absolute atomic E-state index is 11.3. The van der Waals surface area contributed by atoms with Gasteiger partial charge in [0.25, 0.3) is 40.5 Å². The average molecular weight is 1460 g/mol. The molecule has 4 rings (SSSR count). The molecule has 0 heterocycles. The van der Waals surface area contributed by atoms with Crippen LogP contribution in [-0.2, 0) is 115 Å². The number of rotatable bonds is 15. The quantitative estimate of drug-likeness (QED) is 0.0374. The van der Waals surface area contributed by atoms with Crippen LogP contribution >= 0.6 is 0 Å². The zero-order valence-electron chi connectivity index (χ0n) is 47.3. The summed E-state index contributed by atoms with van der Waals surface area (Å²) in [6.07, 6.45) is -9.93. The molecule has 0 saturated carbocycles. The first kappa shape index (κ1) is 92.0. The number of aryl methyl sites for hydroxylation is 2. The molecule has 2 N–H and O–H groups in total. The Morgan fingerprint density at radius 1 is 0.382 bits per heavy atom. The number of hydrogen-bond donors (Lipinski definition) is 2. The van der Waals surface area contributed by atoms with Crippen molar-refractivity contribution in [2.75, 3.05) is 54.9 Å². The normalized spacial score (nSPS) is 11.9. The van der Waals surface area contributed by atoms with Crippen molar-refractivity contribution in [1.82, 2.24) is 0 Å². The van der Waals surface area contributed by atoms with Gasteiger partial charge in [-0.3, -0.25) is 33.8 Å². The van der Waals surface area contributed by atoms with E-state index in [0.29, 0.717) is 7.11 Å². The van der Waals surface area contributed by atoms with E-state index in [1.54, 1.807) is 86.6 Å². The third-order valence-corrected chi connectivity index (χ3v) is 15.6. The summed E-state index contributed by atoms with van der Waals surface area (Å²) in [5, 5.41) is 7.12. The molecule has 0 radical (unpaired) electrons. The van der Waals surface area contributed by atoms with Crippen molar-refractivity contribution in [2.45, 2.75) is 84.5 Å². The second-order valence-electron chi connectivity index (χ2n) is 14.2. The van der Waals surface area contributed by atoms with E-state index in [2.05, 4.69) is 34.0 Å². The molecule has 0 unspecified atom stereocenters. The van der Waals surface area contributed by atoms with E-state index >= 15 is 0 Å². The average Bonchev–Trinajstić information content (AvgIpc) is 3.63. The Kier molecular flexibility index (Phi) is 43.1. The van der Waals surface area contributed by atoms with Crippen molar-refractivity contribution >= 4 is 83.0 Å². The van der Waals surface area contributed by atoms with Crippen LogP contribution in [0.5, 0.6) is 0 Å². The van der Waals surface area contributed by atoms with Crippen LogP contribution < -0.4 is 0 Å². The molecule has 0 spiro atoms. The zero-order valence-corrected chi connectivity index (χ0v) is 53.0. The number of hydrogen-bond acceptors (Lipinski definition) is 24. The Labute approximate surface area is 505 Å². The highest BCUT2D eigenvalue weighted by Crippen LogP contribution is 2.25. The van der Waals surface area contributed by atoms with E-state index in [1.165, 1.54) is 43.3 Å². The van der Waals surface area contributed by atoms with Gasteiger partial charge in [0.15, 0.2) is 0 Å². The molecule has 0 amide bonds. The molecule has 0 atom stereocenters. The molecule has 0 aliphatic rings. The van der Waals surface area contributed by atoms with Crippen molar-refractivity contribution in [3.8, 4) is 0 Å². The first-order valence-electron chi connectivity index (χ1n) is 22.6. The summed E-state index contributed by atoms with van der Waals surface area (Å²) in [5.41, 5.74) is -8.56. The summed E-state index contributed by atoms with van der Waals surface area (Å²) >= 11 is 0. The number of benzene rings is 4. The van der Waals surface area contributed by atoms with Crippen LogP contribution in [0.25, 0.3) is 0 Å². The Balaban J connectivity index is -0.000000300. The maximum atomic E-state index is 11.3. The van der Waals surface area contributed by atoms with Crippen LogP contribution in [0.15, 0.2) is 129 Å². The van der Waals surface area contributed by atoms with Gasteiger partial charge < -0.3 is 9.84 Å². The number of ether oxygens (including phenoxy) is 1. The topological polar surface area (TPSA) is 387 Å². The smallest absolute Gasteiger partial charge is 0.475 e. The van der Waals surface area contributed by atoms with E-state index in [-0.39, 0.29) is 39.4 Å². The van der Waals surface area contributed by atoms with Gasteiger partial charge in [-0.15, -0.1) is 0 Å². The molecule has 0 aliphatic heterocycles. The molecule has 4 aromatic rings. The molecular weight excluding hydrogens is 1400 g/mol. The minimum atomic E-state index is -5.35. The van der Waals surface area contributed by atoms with E-state index in [9.17, 15) is 116 Å². The predicted octanol–water partition coefficient (Wildman–Crippen LogP) is 8.02. The summed E-state index contributed by atoms with van der Waals surface area (Å²) < 4.78 is 319. The molecule has 45 heteroatoms. The van der Waals surface area contributed by atoms with Crippen molar-refractivity contribution in [1.29, 1.82) is 0 Å². The molecule has 0 fully saturated rings. The van der Waals surface area contributed by atoms with Crippen LogP contribution in [-0.4, -0.2) is 159 Å². The summed E-state index contributed by atoms with van der Waals surface area (Å²) in [7, 11) is -25.3. The SMILES string of the molecule is CCOC(=O)C(F)(F)F.CCOS(=O)(=O)C(F)(F)F.CCOS(=O)(=O)c1ccc(C)cc1.CCOS(=O)(=O)c1ccccc1.COS(=O)(=O)C(F)(F)F.COS(=O)(=O)O.COS(=O)(=O)c1ccc(C)cc1.COS(=O)(=O)c1ccccc1.O=C(O)C(F)(F)F. The Hall–Kier alpha value is -5.69. The van der Waals surface area contributed by atoms with Crippen LogP contribution in [0.1, 0.15) is 38.8 Å². The lowest BCUT2D eigenvalue weighted by Gasteiger charge is -2.05. The van der Waals surface area contributed by atoms with Gasteiger partial charge in [0, 0.05) is 0 Å². The highest BCUT2D eigenvalue weighted by Gasteiger charge is 2.47. The van der Waals surface area contributed by atoms with Gasteiger partial charge in [-0.2, -0.15) is 112 Å². The van der Waals surface area contributed by atoms with E-state index < -0.39 is 113 Å². The molecule has 0 saturated heterocycles. The largest absolute Gasteiger partial charge is 0.523 e. The number of alkyl halides is 12. The molecule has 516 valence electrons. The minimum absolute atomic E-state index is 0.163. The number of carbonyl (C=O) groups excluding carboxylic acids is 1. The fourth-order valence-electron chi connectivity index (χ4n) is 3.75. The lowest BCUT2D eigenvalue weighted by Crippen LogP contribution is -2.25. The fourth-order valence-corrected chi connectivity index (χ4v) is 7.58. The third kappa shape index (κ3) is 42.8. The maximum Gasteiger partial charge on any atom is 0.523 e. The van der Waals surface area contributed by atoms with E-state index in [4.69, 9.17) is 14.5 Å². The molecule has 89 heavy (non-hydrogen) atoms. The summed E-state index contributed by atoms with van der Waals surface area (Å²) in [4.78, 5) is 19.4. The van der Waals surface area contributed by atoms with Crippen LogP contribution in [0.3, 0.4) is 0 Å². The Bertz CT molecular complexity index is 3480. The lowest BCUT2D eigenvalue weighted by molar-refractivity contribution is -0.199. The molecular formula is C44H58F12O26S7. The molecule has 0 aliphatic carbocycles. The van der Waals surface area contributed by atoms with Crippen molar-refractivity contribution in [3.05, 3.63) is 120 Å². The second kappa shape index (κ2) is 41.6. The third-order valence-electron chi connectivity index (χ3n) is 7.69. The van der Waals surface area contributed by atoms with E-state index in [0.717, 1.165) is 39.4 Å². The number of aliphatic carboxylic acids is 1. The highest BCUT2D eigenvalue weighted by atomic mass is 32.3. The van der Waals surface area contributed by atoms with Gasteiger partial charge in [0.2, 0.25) is 0 Å². The van der Waals surface area contributed by atoms with Crippen LogP contribution in [0.4, 0.5) is 52.7 Å². The van der Waals surface area contributed by atoms with Crippen molar-refractivity contribution in [3.63, 3.8) is 0 Å². The number of carbonyl (C=O) groups is 2. The predicted molar refractivity (Wildman–Crippen MR) is 285 cm³/mol. The Morgan fingerprint density at radius 2 is 0.640 bits per heavy atom. The minimum Gasteiger partial charge on any atom is -0.475 e. The first-order chi connectivity index (χ1) is 40.1. The second-order valence-corrected chi connectivity index (χ2v) is 25.4. The van der Waals surface area contributed by atoms with Crippen molar-refractivity contribution < 1.29 is 165 Å². The van der Waals surface area contributed by atoms with Gasteiger partial charge in [0.05, 0.1) is 74.4 Å². The van der Waals surface area contributed by atoms with Gasteiger partial charge in [-0.1, -0.05) is 71.8 Å². The summed E-state index contributed by atoms with van der Waals surface area (Å²) in [6.45, 7) is 9.10. The van der Waals surface area contributed by atoms with Crippen molar-refractivity contribution in [2.24, 2.45) is 0 Å². The number of carboxylic acid groups (broad SMARTS) is 1. The van der Waals surface area contributed by atoms with Gasteiger partial charge >= 0.3 is 65.9 Å². The van der Waals surface area contributed by atoms with Gasteiger partial charge in [-0.05, 0) is 90.1 Å². The van der Waals surface area contributed by atoms with Gasteiger partial charge in [-0.25, -0.2) is 9.59 Å². The molecule has 26 nitrogen and oxygen atoms in total. The van der Waals surface area contributed by atoms with Crippen LogP contribution in [0, 0.1) is 13.8 Å². The lowest BCUT2D eigenvalue weighted by atomic mass is 10.2. The standard InChI is InChI=1S/C9H12O3S.2C8H10O3S.C7H8O3S.C4H5F3O2.C3H5F3O3S.C2H3F3O3S.C2HF3O2.CH4O4S/c1-3-12-13(10,11)9-6-4-8(2)5-7-9;1-7-3-5-8(6-4-7)12(9,10)11-2;1-2-11-12(9,10)8-6-4-3-5-7-8;1-10-11(8,9)7-5-3-2-4-6-7;1-2-9-3(8)4(5,6)7;1-2-9-10(7,8)3(4,5)6;1-8-9(6,7)2(3,4)5;3-2(4,5)1(6)7;1-5-6(2,3)4/h4-7H,3H2,1-2H3;3-6H,1-2H3;3-7H,2H2,1H3;2-6H,1H3;2H2,1H3;2H2,1H3;1H3;(H,6,7);1H3,(H,2,3,4). The first-order valence-corrected chi connectivity index (χ1v) is 32.4. The highest BCUT2D eigenvalue weighted by molar-refractivity contribution is 7.88. The number of esters is 1. The number of halogens is 12. The zero-order chi connectivity index (χ0) is 71.3. The molecule has 0 bridgehead atoms. The summed E-state index contributed by atoms with van der Waals surface area (Å²) in [5.74, 6) is -4.89. The summed E-state index contributed by atoms with van der Waals surface area (Å²) in [6, 6.07) is 29.2. The van der Waals surface area contributed by atoms with Gasteiger partial charge in [0.1, 0.15) is 0 Å².